The molecule has 25 heavy (non-hydrogen) atoms. The van der Waals surface area contributed by atoms with Crippen LogP contribution < -0.4 is 0 Å². The van der Waals surface area contributed by atoms with Crippen molar-refractivity contribution in [2.75, 3.05) is 38.5 Å². The van der Waals surface area contributed by atoms with E-state index in [0.717, 1.165) is 63.4 Å². The number of hydrogen-bond acceptors (Lipinski definition) is 5. The van der Waals surface area contributed by atoms with Gasteiger partial charge in [0.1, 0.15) is 6.61 Å². The van der Waals surface area contributed by atoms with Crippen LogP contribution in [0.2, 0.25) is 0 Å². The highest BCUT2D eigenvalue weighted by atomic mass is 32.2. The number of nitrogens with zero attached hydrogens (tertiary/aromatic N) is 4. The van der Waals surface area contributed by atoms with Gasteiger partial charge in [0.2, 0.25) is 5.91 Å². The predicted octanol–water partition coefficient (Wildman–Crippen LogP) is 1.43. The van der Waals surface area contributed by atoms with E-state index < -0.39 is 0 Å². The smallest absolute Gasteiger partial charge is 0.248 e. The first-order valence-corrected chi connectivity index (χ1v) is 10.3. The molecule has 1 aromatic rings. The first-order valence-electron chi connectivity index (χ1n) is 9.28. The van der Waals surface area contributed by atoms with E-state index in [0.29, 0.717) is 4.75 Å². The van der Waals surface area contributed by atoms with Crippen LogP contribution in [-0.2, 0) is 23.1 Å². The number of carbonyl (C=O) groups is 1. The topological polar surface area (TPSA) is 50.6 Å². The maximum atomic E-state index is 12.1. The van der Waals surface area contributed by atoms with E-state index in [9.17, 15) is 4.79 Å². The quantitative estimate of drug-likeness (QED) is 0.791. The molecule has 1 atom stereocenters. The fourth-order valence-corrected chi connectivity index (χ4v) is 5.90. The summed E-state index contributed by atoms with van der Waals surface area (Å²) < 4.78 is 8.27. The van der Waals surface area contributed by atoms with Gasteiger partial charge >= 0.3 is 0 Å². The van der Waals surface area contributed by atoms with E-state index in [1.54, 1.807) is 0 Å². The maximum Gasteiger partial charge on any atom is 0.248 e. The lowest BCUT2D eigenvalue weighted by molar-refractivity contribution is -0.136. The van der Waals surface area contributed by atoms with Crippen molar-refractivity contribution in [2.45, 2.75) is 43.6 Å². The van der Waals surface area contributed by atoms with Crippen LogP contribution in [0.3, 0.4) is 0 Å². The van der Waals surface area contributed by atoms with Crippen LogP contribution in [0.5, 0.6) is 0 Å². The van der Waals surface area contributed by atoms with Crippen LogP contribution in [0.4, 0.5) is 0 Å². The van der Waals surface area contributed by atoms with E-state index in [1.807, 2.05) is 35.3 Å². The van der Waals surface area contributed by atoms with Gasteiger partial charge in [0.15, 0.2) is 0 Å². The van der Waals surface area contributed by atoms with Crippen LogP contribution in [0, 0.1) is 6.92 Å². The second-order valence-corrected chi connectivity index (χ2v) is 9.25. The molecule has 0 unspecified atom stereocenters. The molecule has 1 spiro atoms. The molecule has 4 rings (SSSR count). The Kier molecular flexibility index (Phi) is 4.81. The summed E-state index contributed by atoms with van der Waals surface area (Å²) in [5.74, 6) is 1.19. The summed E-state index contributed by atoms with van der Waals surface area (Å²) >= 11 is 2.03. The highest BCUT2D eigenvalue weighted by Crippen LogP contribution is 2.46. The number of amides is 1. The Morgan fingerprint density at radius 2 is 2.16 bits per heavy atom. The van der Waals surface area contributed by atoms with Gasteiger partial charge in [-0.1, -0.05) is 0 Å². The third-order valence-corrected chi connectivity index (χ3v) is 7.16. The molecule has 0 aliphatic carbocycles. The standard InChI is InChI=1S/C18H28N4O2S/c1-14-7-15(20(2)19-14)9-21-12-18(13-21)8-16(11-25-18)24-10-17(23)22-5-3-4-6-22/h7,16H,3-6,8-13H2,1-2H3/t16-/m0/s1. The fourth-order valence-electron chi connectivity index (χ4n) is 4.30. The Hall–Kier alpha value is -1.05. The molecule has 0 saturated carbocycles. The van der Waals surface area contributed by atoms with E-state index in [-0.39, 0.29) is 18.6 Å². The van der Waals surface area contributed by atoms with Gasteiger partial charge in [-0.3, -0.25) is 14.4 Å². The number of likely N-dealkylation sites (tertiary alicyclic amines) is 2. The predicted molar refractivity (Wildman–Crippen MR) is 98.6 cm³/mol. The zero-order chi connectivity index (χ0) is 17.4. The number of thioether (sulfide) groups is 1. The monoisotopic (exact) mass is 364 g/mol. The summed E-state index contributed by atoms with van der Waals surface area (Å²) in [6, 6.07) is 2.17. The Labute approximate surface area is 153 Å². The molecule has 3 saturated heterocycles. The minimum absolute atomic E-state index is 0.172. The molecule has 138 valence electrons. The summed E-state index contributed by atoms with van der Waals surface area (Å²) in [6.07, 6.45) is 3.59. The van der Waals surface area contributed by atoms with Crippen LogP contribution in [0.1, 0.15) is 30.7 Å². The Balaban J connectivity index is 1.21. The Morgan fingerprint density at radius 1 is 1.40 bits per heavy atom. The van der Waals surface area contributed by atoms with E-state index in [2.05, 4.69) is 16.1 Å². The molecule has 0 aromatic carbocycles. The lowest BCUT2D eigenvalue weighted by Crippen LogP contribution is -2.58. The van der Waals surface area contributed by atoms with Gasteiger partial charge in [0, 0.05) is 50.3 Å². The van der Waals surface area contributed by atoms with E-state index in [4.69, 9.17) is 4.74 Å². The molecular weight excluding hydrogens is 336 g/mol. The minimum Gasteiger partial charge on any atom is -0.367 e. The van der Waals surface area contributed by atoms with Crippen molar-refractivity contribution in [3.8, 4) is 0 Å². The first-order chi connectivity index (χ1) is 12.0. The number of hydrogen-bond donors (Lipinski definition) is 0. The van der Waals surface area contributed by atoms with Crippen molar-refractivity contribution in [3.63, 3.8) is 0 Å². The molecule has 1 aromatic heterocycles. The van der Waals surface area contributed by atoms with Gasteiger partial charge in [0.05, 0.1) is 17.5 Å². The van der Waals surface area contributed by atoms with Crippen molar-refractivity contribution in [3.05, 3.63) is 17.5 Å². The lowest BCUT2D eigenvalue weighted by Gasteiger charge is -2.47. The Bertz CT molecular complexity index is 635. The molecule has 6 nitrogen and oxygen atoms in total. The van der Waals surface area contributed by atoms with Crippen LogP contribution in [0.25, 0.3) is 0 Å². The second kappa shape index (κ2) is 6.93. The Morgan fingerprint density at radius 3 is 2.84 bits per heavy atom. The van der Waals surface area contributed by atoms with Crippen molar-refractivity contribution >= 4 is 17.7 Å². The molecule has 0 radical (unpaired) electrons. The molecular formula is C18H28N4O2S. The molecule has 7 heteroatoms. The zero-order valence-electron chi connectivity index (χ0n) is 15.2. The first kappa shape index (κ1) is 17.4. The molecule has 1 amide bonds. The lowest BCUT2D eigenvalue weighted by atomic mass is 9.93. The molecule has 0 N–H and O–H groups in total. The number of rotatable bonds is 5. The van der Waals surface area contributed by atoms with Crippen molar-refractivity contribution in [2.24, 2.45) is 7.05 Å². The number of ether oxygens (including phenoxy) is 1. The van der Waals surface area contributed by atoms with Gasteiger partial charge in [-0.15, -0.1) is 11.8 Å². The van der Waals surface area contributed by atoms with Crippen LogP contribution >= 0.6 is 11.8 Å². The number of aromatic nitrogens is 2. The summed E-state index contributed by atoms with van der Waals surface area (Å²) in [5, 5.41) is 4.43. The molecule has 4 heterocycles. The maximum absolute atomic E-state index is 12.1. The van der Waals surface area contributed by atoms with Crippen molar-refractivity contribution in [1.82, 2.24) is 19.6 Å². The molecule has 0 bridgehead atoms. The van der Waals surface area contributed by atoms with Crippen molar-refractivity contribution < 1.29 is 9.53 Å². The fraction of sp³-hybridized carbons (Fsp3) is 0.778. The second-order valence-electron chi connectivity index (χ2n) is 7.76. The van der Waals surface area contributed by atoms with Crippen LogP contribution in [-0.4, -0.2) is 74.9 Å². The molecule has 3 aliphatic rings. The largest absolute Gasteiger partial charge is 0.367 e. The summed E-state index contributed by atoms with van der Waals surface area (Å²) in [4.78, 5) is 16.5. The third-order valence-electron chi connectivity index (χ3n) is 5.58. The van der Waals surface area contributed by atoms with Gasteiger partial charge in [-0.2, -0.15) is 5.10 Å². The van der Waals surface area contributed by atoms with Gasteiger partial charge < -0.3 is 9.64 Å². The minimum atomic E-state index is 0.172. The summed E-state index contributed by atoms with van der Waals surface area (Å²) in [7, 11) is 2.02. The average molecular weight is 365 g/mol. The van der Waals surface area contributed by atoms with Gasteiger partial charge in [-0.05, 0) is 32.3 Å². The van der Waals surface area contributed by atoms with E-state index in [1.165, 1.54) is 5.69 Å². The normalized spacial score (nSPS) is 25.7. The highest BCUT2D eigenvalue weighted by molar-refractivity contribution is 8.01. The van der Waals surface area contributed by atoms with Gasteiger partial charge in [0.25, 0.3) is 0 Å². The zero-order valence-corrected chi connectivity index (χ0v) is 16.1. The average Bonchev–Trinajstić information content (AvgIpc) is 3.26. The summed E-state index contributed by atoms with van der Waals surface area (Å²) in [5.41, 5.74) is 2.36. The highest BCUT2D eigenvalue weighted by Gasteiger charge is 2.49. The molecule has 3 aliphatic heterocycles. The number of aryl methyl sites for hydroxylation is 2. The third kappa shape index (κ3) is 3.73. The van der Waals surface area contributed by atoms with Crippen molar-refractivity contribution in [1.29, 1.82) is 0 Å². The number of carbonyl (C=O) groups excluding carboxylic acids is 1. The van der Waals surface area contributed by atoms with Gasteiger partial charge in [-0.25, -0.2) is 0 Å². The summed E-state index contributed by atoms with van der Waals surface area (Å²) in [6.45, 7) is 7.32. The SMILES string of the molecule is Cc1cc(CN2CC3(C[C@H](OCC(=O)N4CCCC4)CS3)C2)n(C)n1. The van der Waals surface area contributed by atoms with E-state index >= 15 is 0 Å². The van der Waals surface area contributed by atoms with Crippen LogP contribution in [0.15, 0.2) is 6.07 Å². The molecule has 3 fully saturated rings.